The molecule has 0 unspecified atom stereocenters. The smallest absolute Gasteiger partial charge is 0.257 e. The molecular weight excluding hydrogens is 673 g/mol. The van der Waals surface area contributed by atoms with Crippen LogP contribution >= 0.6 is 23.1 Å². The van der Waals surface area contributed by atoms with Gasteiger partial charge in [0.25, 0.3) is 11.8 Å². The molecule has 3 aliphatic rings. The molecule has 3 fully saturated rings. The molecule has 268 valence electrons. The van der Waals surface area contributed by atoms with Gasteiger partial charge in [0, 0.05) is 88.6 Å². The van der Waals surface area contributed by atoms with Gasteiger partial charge in [-0.15, -0.1) is 0 Å². The minimum Gasteiger partial charge on any atom is -0.496 e. The van der Waals surface area contributed by atoms with Crippen molar-refractivity contribution in [2.45, 2.75) is 48.6 Å². The summed E-state index contributed by atoms with van der Waals surface area (Å²) in [6, 6.07) is 11.5. The first kappa shape index (κ1) is 36.2. The van der Waals surface area contributed by atoms with Crippen molar-refractivity contribution in [1.82, 2.24) is 19.7 Å². The van der Waals surface area contributed by atoms with E-state index in [-0.39, 0.29) is 17.7 Å². The van der Waals surface area contributed by atoms with Crippen LogP contribution in [-0.4, -0.2) is 117 Å². The average Bonchev–Trinajstić information content (AvgIpc) is 3.56. The zero-order valence-corrected chi connectivity index (χ0v) is 31.0. The number of amides is 3. The highest BCUT2D eigenvalue weighted by atomic mass is 32.2. The van der Waals surface area contributed by atoms with Gasteiger partial charge in [-0.2, -0.15) is 0 Å². The van der Waals surface area contributed by atoms with Crippen molar-refractivity contribution >= 4 is 51.6 Å². The fourth-order valence-electron chi connectivity index (χ4n) is 6.52. The Morgan fingerprint density at radius 3 is 2.34 bits per heavy atom. The van der Waals surface area contributed by atoms with Gasteiger partial charge < -0.3 is 24.2 Å². The number of thiazole rings is 1. The van der Waals surface area contributed by atoms with Crippen molar-refractivity contribution in [3.05, 3.63) is 59.3 Å². The number of rotatable bonds is 13. The molecule has 1 aliphatic carbocycles. The molecule has 1 saturated carbocycles. The van der Waals surface area contributed by atoms with Crippen LogP contribution in [0.2, 0.25) is 0 Å². The maximum Gasteiger partial charge on any atom is 0.257 e. The van der Waals surface area contributed by atoms with Gasteiger partial charge in [-0.05, 0) is 61.2 Å². The summed E-state index contributed by atoms with van der Waals surface area (Å²) in [6.07, 6.45) is 7.11. The van der Waals surface area contributed by atoms with Crippen molar-refractivity contribution in [2.24, 2.45) is 5.92 Å². The maximum absolute atomic E-state index is 13.5. The molecule has 0 radical (unpaired) electrons. The Morgan fingerprint density at radius 1 is 0.960 bits per heavy atom. The van der Waals surface area contributed by atoms with Gasteiger partial charge in [0.05, 0.1) is 29.7 Å². The molecule has 11 nitrogen and oxygen atoms in total. The van der Waals surface area contributed by atoms with Gasteiger partial charge in [-0.1, -0.05) is 42.4 Å². The zero-order valence-electron chi connectivity index (χ0n) is 29.3. The number of hydrogen-bond acceptors (Lipinski definition) is 10. The summed E-state index contributed by atoms with van der Waals surface area (Å²) in [5.41, 5.74) is 3.15. The predicted molar refractivity (Wildman–Crippen MR) is 198 cm³/mol. The molecule has 2 aromatic carbocycles. The van der Waals surface area contributed by atoms with Crippen LogP contribution in [0, 0.1) is 12.8 Å². The standard InChI is InChI=1S/C37H48N6O5S2/c1-26-23-32(47-3)31(36(46)43-18-16-41(17-19-43)27(2)44)24-33(26)49-34-25-38-37(50-34)39-35(45)29-7-9-30(10-8-29)42-14-12-40(13-15-42)20-22-48-21-11-28-5-4-6-28/h7-10,23-25,28H,4-6,11-22H2,1-3H3,(H,38,39,45). The Labute approximate surface area is 303 Å². The van der Waals surface area contributed by atoms with Gasteiger partial charge in [-0.3, -0.25) is 24.6 Å². The Bertz CT molecular complexity index is 1630. The fraction of sp³-hybridized carbons (Fsp3) is 0.514. The average molecular weight is 721 g/mol. The van der Waals surface area contributed by atoms with E-state index in [1.54, 1.807) is 30.0 Å². The topological polar surface area (TPSA) is 108 Å². The van der Waals surface area contributed by atoms with Crippen LogP contribution in [0.15, 0.2) is 51.7 Å². The minimum absolute atomic E-state index is 0.0210. The van der Waals surface area contributed by atoms with Crippen molar-refractivity contribution in [1.29, 1.82) is 0 Å². The number of nitrogens with zero attached hydrogens (tertiary/aromatic N) is 5. The molecule has 3 amide bonds. The third kappa shape index (κ3) is 9.17. The normalized spacial score (nSPS) is 17.1. The van der Waals surface area contributed by atoms with E-state index in [1.165, 1.54) is 48.8 Å². The molecule has 3 heterocycles. The number of anilines is 2. The highest BCUT2D eigenvalue weighted by Gasteiger charge is 2.26. The lowest BCUT2D eigenvalue weighted by molar-refractivity contribution is -0.130. The van der Waals surface area contributed by atoms with Crippen LogP contribution in [-0.2, 0) is 9.53 Å². The number of carbonyl (C=O) groups is 3. The molecule has 13 heteroatoms. The molecule has 6 rings (SSSR count). The molecule has 0 atom stereocenters. The number of piperazine rings is 2. The maximum atomic E-state index is 13.5. The van der Waals surface area contributed by atoms with E-state index in [9.17, 15) is 14.4 Å². The number of benzene rings is 2. The van der Waals surface area contributed by atoms with Crippen molar-refractivity contribution in [3.63, 3.8) is 0 Å². The Balaban J connectivity index is 0.983. The molecule has 1 N–H and O–H groups in total. The van der Waals surface area contributed by atoms with Crippen LogP contribution in [0.5, 0.6) is 5.75 Å². The first-order valence-corrected chi connectivity index (χ1v) is 19.2. The van der Waals surface area contributed by atoms with E-state index in [1.807, 2.05) is 43.3 Å². The van der Waals surface area contributed by atoms with Gasteiger partial charge in [-0.25, -0.2) is 4.98 Å². The second-order valence-electron chi connectivity index (χ2n) is 13.2. The van der Waals surface area contributed by atoms with Gasteiger partial charge >= 0.3 is 0 Å². The third-order valence-corrected chi connectivity index (χ3v) is 12.1. The monoisotopic (exact) mass is 720 g/mol. The summed E-state index contributed by atoms with van der Waals surface area (Å²) in [6.45, 7) is 12.1. The summed E-state index contributed by atoms with van der Waals surface area (Å²) < 4.78 is 12.4. The highest BCUT2D eigenvalue weighted by molar-refractivity contribution is 8.01. The first-order valence-electron chi connectivity index (χ1n) is 17.6. The second-order valence-corrected chi connectivity index (χ2v) is 15.6. The zero-order chi connectivity index (χ0) is 35.0. The largest absolute Gasteiger partial charge is 0.496 e. The molecule has 0 bridgehead atoms. The lowest BCUT2D eigenvalue weighted by atomic mass is 9.83. The van der Waals surface area contributed by atoms with Crippen molar-refractivity contribution in [2.75, 3.05) is 89.4 Å². The SMILES string of the molecule is COc1cc(C)c(Sc2cnc(NC(=O)c3ccc(N4CCN(CCOCCC5CCC5)CC4)cc3)s2)cc1C(=O)N1CCN(C(C)=O)CC1. The highest BCUT2D eigenvalue weighted by Crippen LogP contribution is 2.39. The van der Waals surface area contributed by atoms with E-state index in [0.717, 1.165) is 72.2 Å². The van der Waals surface area contributed by atoms with Gasteiger partial charge in [0.15, 0.2) is 5.13 Å². The lowest BCUT2D eigenvalue weighted by Crippen LogP contribution is -2.50. The van der Waals surface area contributed by atoms with E-state index < -0.39 is 0 Å². The second kappa shape index (κ2) is 17.0. The fourth-order valence-corrected chi connectivity index (χ4v) is 8.46. The molecular formula is C37H48N6O5S2. The van der Waals surface area contributed by atoms with E-state index in [4.69, 9.17) is 9.47 Å². The Kier molecular flexibility index (Phi) is 12.3. The van der Waals surface area contributed by atoms with E-state index >= 15 is 0 Å². The number of ether oxygens (including phenoxy) is 2. The summed E-state index contributed by atoms with van der Waals surface area (Å²) in [7, 11) is 1.56. The van der Waals surface area contributed by atoms with Crippen LogP contribution in [0.4, 0.5) is 10.8 Å². The number of methoxy groups -OCH3 is 1. The van der Waals surface area contributed by atoms with Crippen LogP contribution in [0.25, 0.3) is 0 Å². The summed E-state index contributed by atoms with van der Waals surface area (Å²) in [5.74, 6) is 1.12. The summed E-state index contributed by atoms with van der Waals surface area (Å²) in [4.78, 5) is 52.1. The Morgan fingerprint density at radius 2 is 1.68 bits per heavy atom. The molecule has 1 aromatic heterocycles. The number of nitrogens with one attached hydrogen (secondary N) is 1. The number of aromatic nitrogens is 1. The van der Waals surface area contributed by atoms with Crippen LogP contribution in [0.3, 0.4) is 0 Å². The molecule has 2 aliphatic heterocycles. The molecule has 50 heavy (non-hydrogen) atoms. The van der Waals surface area contributed by atoms with Crippen LogP contribution in [0.1, 0.15) is 58.9 Å². The quantitative estimate of drug-likeness (QED) is 0.229. The van der Waals surface area contributed by atoms with E-state index in [2.05, 4.69) is 20.1 Å². The third-order valence-electron chi connectivity index (χ3n) is 9.97. The summed E-state index contributed by atoms with van der Waals surface area (Å²) in [5, 5.41) is 3.45. The number of aryl methyl sites for hydroxylation is 1. The number of carbonyl (C=O) groups excluding carboxylic acids is 3. The Hall–Kier alpha value is -3.65. The minimum atomic E-state index is -0.206. The molecule has 3 aromatic rings. The lowest BCUT2D eigenvalue weighted by Gasteiger charge is -2.36. The van der Waals surface area contributed by atoms with Crippen molar-refractivity contribution < 1.29 is 23.9 Å². The van der Waals surface area contributed by atoms with Crippen molar-refractivity contribution in [3.8, 4) is 5.75 Å². The van der Waals surface area contributed by atoms with E-state index in [0.29, 0.717) is 48.2 Å². The van der Waals surface area contributed by atoms with Gasteiger partial charge in [0.1, 0.15) is 5.75 Å². The molecule has 2 saturated heterocycles. The summed E-state index contributed by atoms with van der Waals surface area (Å²) >= 11 is 2.88. The molecule has 0 spiro atoms. The first-order chi connectivity index (χ1) is 24.3. The van der Waals surface area contributed by atoms with Gasteiger partial charge in [0.2, 0.25) is 5.91 Å². The predicted octanol–water partition coefficient (Wildman–Crippen LogP) is 5.50. The number of hydrogen-bond donors (Lipinski definition) is 1. The van der Waals surface area contributed by atoms with Crippen LogP contribution < -0.4 is 15.0 Å².